The monoisotopic (exact) mass is 591 g/mol. The minimum Gasteiger partial charge on any atom is -0.450 e. The van der Waals surface area contributed by atoms with E-state index in [4.69, 9.17) is 27.9 Å². The fourth-order valence-electron chi connectivity index (χ4n) is 3.43. The van der Waals surface area contributed by atoms with Gasteiger partial charge < -0.3 is 14.5 Å². The van der Waals surface area contributed by atoms with Crippen molar-refractivity contribution in [2.24, 2.45) is 0 Å². The first-order valence-corrected chi connectivity index (χ1v) is 13.5. The SMILES string of the molecule is CCOC(=O)N1CCN(C(=O)CN(Cc2ccc(Cl)c(Cl)c2)S(=O)(=O)c2ccc(Br)cc2)CC1. The van der Waals surface area contributed by atoms with Gasteiger partial charge in [0, 0.05) is 37.2 Å². The van der Waals surface area contributed by atoms with Gasteiger partial charge >= 0.3 is 6.09 Å². The van der Waals surface area contributed by atoms with E-state index in [-0.39, 0.29) is 43.6 Å². The summed E-state index contributed by atoms with van der Waals surface area (Å²) in [4.78, 5) is 28.1. The lowest BCUT2D eigenvalue weighted by Gasteiger charge is -2.35. The molecule has 0 aromatic heterocycles. The Morgan fingerprint density at radius 2 is 1.62 bits per heavy atom. The highest BCUT2D eigenvalue weighted by molar-refractivity contribution is 9.10. The molecule has 2 aromatic carbocycles. The summed E-state index contributed by atoms with van der Waals surface area (Å²) in [6.45, 7) is 2.78. The Balaban J connectivity index is 1.79. The number of carbonyl (C=O) groups excluding carboxylic acids is 2. The zero-order valence-electron chi connectivity index (χ0n) is 18.4. The summed E-state index contributed by atoms with van der Waals surface area (Å²) in [6.07, 6.45) is -0.423. The molecule has 1 fully saturated rings. The molecule has 1 saturated heterocycles. The van der Waals surface area contributed by atoms with Crippen LogP contribution in [0.4, 0.5) is 4.79 Å². The third-order valence-electron chi connectivity index (χ3n) is 5.26. The van der Waals surface area contributed by atoms with Crippen LogP contribution in [-0.4, -0.2) is 73.9 Å². The lowest BCUT2D eigenvalue weighted by molar-refractivity contribution is -0.133. The summed E-state index contributed by atoms with van der Waals surface area (Å²) in [5.41, 5.74) is 0.593. The van der Waals surface area contributed by atoms with Crippen molar-refractivity contribution in [1.82, 2.24) is 14.1 Å². The fourth-order valence-corrected chi connectivity index (χ4v) is 5.39. The van der Waals surface area contributed by atoms with Crippen LogP contribution in [-0.2, 0) is 26.1 Å². The number of amides is 2. The minimum absolute atomic E-state index is 0.0655. The predicted octanol–water partition coefficient (Wildman–Crippen LogP) is 4.25. The van der Waals surface area contributed by atoms with E-state index in [0.717, 1.165) is 8.78 Å². The zero-order chi connectivity index (χ0) is 24.9. The van der Waals surface area contributed by atoms with Crippen molar-refractivity contribution in [2.45, 2.75) is 18.4 Å². The fraction of sp³-hybridized carbons (Fsp3) is 0.364. The summed E-state index contributed by atoms with van der Waals surface area (Å²) < 4.78 is 33.7. The highest BCUT2D eigenvalue weighted by Crippen LogP contribution is 2.26. The molecule has 184 valence electrons. The second-order valence-corrected chi connectivity index (χ2v) is 11.2. The van der Waals surface area contributed by atoms with E-state index in [9.17, 15) is 18.0 Å². The number of carbonyl (C=O) groups is 2. The number of benzene rings is 2. The first-order chi connectivity index (χ1) is 16.1. The Bertz CT molecular complexity index is 1140. The van der Waals surface area contributed by atoms with E-state index >= 15 is 0 Å². The summed E-state index contributed by atoms with van der Waals surface area (Å²) in [5.74, 6) is -0.357. The molecule has 0 aliphatic carbocycles. The van der Waals surface area contributed by atoms with Gasteiger partial charge in [-0.3, -0.25) is 4.79 Å². The van der Waals surface area contributed by atoms with Gasteiger partial charge in [0.2, 0.25) is 15.9 Å². The molecular formula is C22H24BrCl2N3O5S. The van der Waals surface area contributed by atoms with Crippen LogP contribution in [0.5, 0.6) is 0 Å². The van der Waals surface area contributed by atoms with Crippen LogP contribution in [0, 0.1) is 0 Å². The van der Waals surface area contributed by atoms with Crippen LogP contribution in [0.25, 0.3) is 0 Å². The largest absolute Gasteiger partial charge is 0.450 e. The number of halogens is 3. The van der Waals surface area contributed by atoms with Crippen molar-refractivity contribution in [2.75, 3.05) is 39.3 Å². The van der Waals surface area contributed by atoms with Gasteiger partial charge in [-0.15, -0.1) is 0 Å². The van der Waals surface area contributed by atoms with Crippen LogP contribution < -0.4 is 0 Å². The average molecular weight is 593 g/mol. The quantitative estimate of drug-likeness (QED) is 0.480. The third-order valence-corrected chi connectivity index (χ3v) is 8.34. The Kier molecular flexibility index (Phi) is 9.22. The van der Waals surface area contributed by atoms with Crippen molar-refractivity contribution in [3.05, 3.63) is 62.5 Å². The van der Waals surface area contributed by atoms with E-state index in [0.29, 0.717) is 28.7 Å². The van der Waals surface area contributed by atoms with Gasteiger partial charge in [-0.25, -0.2) is 13.2 Å². The topological polar surface area (TPSA) is 87.2 Å². The summed E-state index contributed by atoms with van der Waals surface area (Å²) in [6, 6.07) is 11.0. The van der Waals surface area contributed by atoms with E-state index in [1.165, 1.54) is 17.0 Å². The number of ether oxygens (including phenoxy) is 1. The number of rotatable bonds is 7. The number of hydrogen-bond donors (Lipinski definition) is 0. The average Bonchev–Trinajstić information content (AvgIpc) is 2.81. The summed E-state index contributed by atoms with van der Waals surface area (Å²) >= 11 is 15.4. The molecule has 1 aliphatic heterocycles. The second kappa shape index (κ2) is 11.7. The molecule has 3 rings (SSSR count). The van der Waals surface area contributed by atoms with Crippen LogP contribution in [0.1, 0.15) is 12.5 Å². The lowest BCUT2D eigenvalue weighted by Crippen LogP contribution is -2.53. The summed E-state index contributed by atoms with van der Waals surface area (Å²) in [7, 11) is -4.00. The van der Waals surface area contributed by atoms with E-state index in [2.05, 4.69) is 15.9 Å². The Morgan fingerprint density at radius 1 is 1.00 bits per heavy atom. The van der Waals surface area contributed by atoms with Crippen molar-refractivity contribution >= 4 is 61.2 Å². The number of nitrogens with zero attached hydrogens (tertiary/aromatic N) is 3. The molecule has 0 atom stereocenters. The molecule has 0 spiro atoms. The maximum Gasteiger partial charge on any atom is 0.409 e. The molecule has 1 aliphatic rings. The standard InChI is InChI=1S/C22H24BrCl2N3O5S/c1-2-33-22(30)27-11-9-26(10-12-27)21(29)15-28(14-16-3-8-19(24)20(25)13-16)34(31,32)18-6-4-17(23)5-7-18/h3-8,13H,2,9-12,14-15H2,1H3. The lowest BCUT2D eigenvalue weighted by atomic mass is 10.2. The highest BCUT2D eigenvalue weighted by atomic mass is 79.9. The molecular weight excluding hydrogens is 569 g/mol. The molecule has 8 nitrogen and oxygen atoms in total. The van der Waals surface area contributed by atoms with Crippen molar-refractivity contribution in [1.29, 1.82) is 0 Å². The normalized spacial score (nSPS) is 14.4. The van der Waals surface area contributed by atoms with Crippen molar-refractivity contribution in [3.8, 4) is 0 Å². The molecule has 34 heavy (non-hydrogen) atoms. The van der Waals surface area contributed by atoms with Crippen LogP contribution in [0.15, 0.2) is 51.8 Å². The highest BCUT2D eigenvalue weighted by Gasteiger charge is 2.31. The smallest absolute Gasteiger partial charge is 0.409 e. The van der Waals surface area contributed by atoms with Gasteiger partial charge in [0.05, 0.1) is 28.1 Å². The maximum atomic E-state index is 13.4. The Morgan fingerprint density at radius 3 is 2.21 bits per heavy atom. The van der Waals surface area contributed by atoms with E-state index in [1.807, 2.05) is 0 Å². The van der Waals surface area contributed by atoms with E-state index < -0.39 is 16.1 Å². The second-order valence-electron chi connectivity index (χ2n) is 7.54. The molecule has 0 N–H and O–H groups in total. The molecule has 2 amide bonds. The van der Waals surface area contributed by atoms with E-state index in [1.54, 1.807) is 42.2 Å². The maximum absolute atomic E-state index is 13.4. The Labute approximate surface area is 217 Å². The van der Waals surface area contributed by atoms with Crippen LogP contribution in [0.2, 0.25) is 10.0 Å². The third kappa shape index (κ3) is 6.63. The van der Waals surface area contributed by atoms with Crippen LogP contribution >= 0.6 is 39.1 Å². The van der Waals surface area contributed by atoms with Gasteiger partial charge in [0.1, 0.15) is 0 Å². The molecule has 0 radical (unpaired) electrons. The predicted molar refractivity (Wildman–Crippen MR) is 133 cm³/mol. The number of piperazine rings is 1. The minimum atomic E-state index is -4.00. The van der Waals surface area contributed by atoms with Gasteiger partial charge in [-0.05, 0) is 48.9 Å². The van der Waals surface area contributed by atoms with Gasteiger partial charge in [0.25, 0.3) is 0 Å². The molecule has 0 unspecified atom stereocenters. The van der Waals surface area contributed by atoms with Gasteiger partial charge in [-0.2, -0.15) is 4.31 Å². The van der Waals surface area contributed by atoms with Crippen molar-refractivity contribution in [3.63, 3.8) is 0 Å². The first-order valence-electron chi connectivity index (χ1n) is 10.5. The zero-order valence-corrected chi connectivity index (χ0v) is 22.3. The molecule has 0 bridgehead atoms. The first kappa shape index (κ1) is 26.7. The van der Waals surface area contributed by atoms with Gasteiger partial charge in [0.15, 0.2) is 0 Å². The molecule has 2 aromatic rings. The summed E-state index contributed by atoms with van der Waals surface area (Å²) in [5, 5.41) is 0.643. The number of sulfonamides is 1. The molecule has 0 saturated carbocycles. The van der Waals surface area contributed by atoms with Crippen molar-refractivity contribution < 1.29 is 22.7 Å². The Hall–Kier alpha value is -1.85. The molecule has 1 heterocycles. The number of hydrogen-bond acceptors (Lipinski definition) is 5. The van der Waals surface area contributed by atoms with Gasteiger partial charge in [-0.1, -0.05) is 45.2 Å². The van der Waals surface area contributed by atoms with Crippen LogP contribution in [0.3, 0.4) is 0 Å². The molecule has 12 heteroatoms.